The van der Waals surface area contributed by atoms with Gasteiger partial charge in [-0.15, -0.1) is 0 Å². The molecule has 7 N–H and O–H groups in total. The second-order valence-corrected chi connectivity index (χ2v) is 10.2. The quantitative estimate of drug-likeness (QED) is 0.212. The number of ketones is 3. The zero-order valence-corrected chi connectivity index (χ0v) is 21.2. The van der Waals surface area contributed by atoms with Gasteiger partial charge >= 0.3 is 0 Å². The fourth-order valence-electron chi connectivity index (χ4n) is 5.85. The Kier molecular flexibility index (Phi) is 6.74. The van der Waals surface area contributed by atoms with E-state index in [4.69, 9.17) is 9.47 Å². The van der Waals surface area contributed by atoms with E-state index in [1.165, 1.54) is 18.2 Å². The third kappa shape index (κ3) is 4.11. The molecule has 12 heteroatoms. The number of nitrogens with one attached hydrogen (secondary N) is 1. The van der Waals surface area contributed by atoms with Crippen molar-refractivity contribution in [3.8, 4) is 17.2 Å². The first-order valence-electron chi connectivity index (χ1n) is 12.5. The van der Waals surface area contributed by atoms with Crippen LogP contribution in [-0.2, 0) is 20.7 Å². The maximum absolute atomic E-state index is 13.5. The minimum absolute atomic E-state index is 0.134. The molecule has 6 atom stereocenters. The summed E-state index contributed by atoms with van der Waals surface area (Å²) in [5, 5.41) is 67.1. The van der Waals surface area contributed by atoms with Crippen LogP contribution in [0.4, 0.5) is 0 Å². The van der Waals surface area contributed by atoms with Crippen molar-refractivity contribution in [3.05, 3.63) is 51.6 Å². The monoisotopic (exact) mass is 543 g/mol. The number of ether oxygens (including phenoxy) is 2. The van der Waals surface area contributed by atoms with Crippen LogP contribution >= 0.6 is 0 Å². The lowest BCUT2D eigenvalue weighted by Crippen LogP contribution is -2.53. The maximum atomic E-state index is 13.5. The molecule has 3 aliphatic rings. The van der Waals surface area contributed by atoms with Crippen LogP contribution in [0.3, 0.4) is 0 Å². The summed E-state index contributed by atoms with van der Waals surface area (Å²) in [4.78, 5) is 39.4. The molecule has 1 aliphatic heterocycles. The summed E-state index contributed by atoms with van der Waals surface area (Å²) in [7, 11) is 1.64. The molecule has 2 aromatic carbocycles. The first kappa shape index (κ1) is 27.2. The van der Waals surface area contributed by atoms with Crippen LogP contribution < -0.4 is 5.32 Å². The Labute approximate surface area is 222 Å². The van der Waals surface area contributed by atoms with Gasteiger partial charge in [0.15, 0.2) is 17.9 Å². The number of likely N-dealkylation sites (N-methyl/N-ethyl adjacent to an activating group) is 1. The van der Waals surface area contributed by atoms with Crippen LogP contribution in [0.5, 0.6) is 17.2 Å². The Hall–Kier alpha value is -3.39. The lowest BCUT2D eigenvalue weighted by molar-refractivity contribution is -0.249. The Morgan fingerprint density at radius 3 is 2.49 bits per heavy atom. The van der Waals surface area contributed by atoms with E-state index < -0.39 is 101 Å². The van der Waals surface area contributed by atoms with E-state index in [0.29, 0.717) is 0 Å². The molecule has 2 aliphatic carbocycles. The zero-order chi connectivity index (χ0) is 28.4. The van der Waals surface area contributed by atoms with Gasteiger partial charge in [0.05, 0.1) is 35.0 Å². The predicted molar refractivity (Wildman–Crippen MR) is 132 cm³/mol. The topological polar surface area (TPSA) is 203 Å². The molecule has 208 valence electrons. The van der Waals surface area contributed by atoms with Crippen molar-refractivity contribution in [2.24, 2.45) is 0 Å². The molecular formula is C27H29NO11. The van der Waals surface area contributed by atoms with Gasteiger partial charge < -0.3 is 45.4 Å². The van der Waals surface area contributed by atoms with Crippen molar-refractivity contribution >= 4 is 17.3 Å². The van der Waals surface area contributed by atoms with Crippen molar-refractivity contribution in [3.63, 3.8) is 0 Å². The number of fused-ring (bicyclic) bond motifs is 3. The molecule has 12 nitrogen and oxygen atoms in total. The van der Waals surface area contributed by atoms with E-state index in [-0.39, 0.29) is 28.7 Å². The third-order valence-electron chi connectivity index (χ3n) is 7.93. The highest BCUT2D eigenvalue weighted by molar-refractivity contribution is 6.31. The number of aromatic hydroxyl groups is 3. The van der Waals surface area contributed by atoms with Crippen molar-refractivity contribution < 1.29 is 54.5 Å². The van der Waals surface area contributed by atoms with Crippen LogP contribution in [0.25, 0.3) is 0 Å². The van der Waals surface area contributed by atoms with Crippen molar-refractivity contribution in [1.82, 2.24) is 5.32 Å². The van der Waals surface area contributed by atoms with Crippen molar-refractivity contribution in [2.75, 3.05) is 13.7 Å². The number of aliphatic hydroxyl groups excluding tert-OH is 2. The van der Waals surface area contributed by atoms with E-state index in [9.17, 15) is 45.0 Å². The Bertz CT molecular complexity index is 1390. The van der Waals surface area contributed by atoms with Crippen LogP contribution in [0.1, 0.15) is 68.8 Å². The summed E-state index contributed by atoms with van der Waals surface area (Å²) in [5.74, 6) is -4.64. The molecule has 0 spiro atoms. The normalized spacial score (nSPS) is 29.9. The summed E-state index contributed by atoms with van der Waals surface area (Å²) in [6.45, 7) is 0.601. The Morgan fingerprint density at radius 1 is 1.13 bits per heavy atom. The number of aliphatic hydroxyl groups is 3. The smallest absolute Gasteiger partial charge is 0.202 e. The van der Waals surface area contributed by atoms with Crippen LogP contribution in [0.15, 0.2) is 18.2 Å². The zero-order valence-electron chi connectivity index (χ0n) is 21.2. The average molecular weight is 544 g/mol. The van der Waals surface area contributed by atoms with Gasteiger partial charge in [-0.2, -0.15) is 0 Å². The summed E-state index contributed by atoms with van der Waals surface area (Å²) in [6, 6.07) is 3.41. The van der Waals surface area contributed by atoms with Gasteiger partial charge in [0.25, 0.3) is 0 Å². The first-order valence-corrected chi connectivity index (χ1v) is 12.5. The van der Waals surface area contributed by atoms with E-state index in [0.717, 1.165) is 0 Å². The molecule has 5 rings (SSSR count). The Morgan fingerprint density at radius 2 is 1.82 bits per heavy atom. The van der Waals surface area contributed by atoms with Crippen LogP contribution in [0, 0.1) is 0 Å². The summed E-state index contributed by atoms with van der Waals surface area (Å²) in [5.41, 5.74) is -4.18. The lowest BCUT2D eigenvalue weighted by Gasteiger charge is -2.42. The molecule has 1 saturated heterocycles. The number of hydrogen-bond donors (Lipinski definition) is 7. The molecule has 0 aromatic heterocycles. The summed E-state index contributed by atoms with van der Waals surface area (Å²) >= 11 is 0. The molecule has 1 fully saturated rings. The van der Waals surface area contributed by atoms with Crippen LogP contribution in [-0.4, -0.2) is 91.8 Å². The number of carbonyl (C=O) groups excluding carboxylic acids is 3. The SMILES string of the molecule is CN[C@@H]1C[C@H](O[C@H]2C[C@](O)(C(=O)CO)Cc3c(O)c4c(c(O)c32)C(=O)c2c(O)cccc2C4=O)OC(C)[C@@H]1O. The maximum Gasteiger partial charge on any atom is 0.202 e. The molecule has 1 heterocycles. The molecule has 0 amide bonds. The Balaban J connectivity index is 1.67. The van der Waals surface area contributed by atoms with E-state index in [2.05, 4.69) is 5.32 Å². The first-order chi connectivity index (χ1) is 18.4. The highest BCUT2D eigenvalue weighted by Gasteiger charge is 2.50. The number of hydrogen-bond acceptors (Lipinski definition) is 12. The highest BCUT2D eigenvalue weighted by Crippen LogP contribution is 2.52. The van der Waals surface area contributed by atoms with Gasteiger partial charge in [-0.25, -0.2) is 0 Å². The number of phenols is 3. The van der Waals surface area contributed by atoms with Gasteiger partial charge in [-0.1, -0.05) is 12.1 Å². The predicted octanol–water partition coefficient (Wildman–Crippen LogP) is -0.0410. The van der Waals surface area contributed by atoms with E-state index in [1.54, 1.807) is 14.0 Å². The largest absolute Gasteiger partial charge is 0.507 e. The highest BCUT2D eigenvalue weighted by atomic mass is 16.7. The molecule has 0 bridgehead atoms. The van der Waals surface area contributed by atoms with Gasteiger partial charge in [-0.05, 0) is 20.0 Å². The van der Waals surface area contributed by atoms with Crippen molar-refractivity contribution in [2.45, 2.75) is 62.4 Å². The molecule has 0 saturated carbocycles. The third-order valence-corrected chi connectivity index (χ3v) is 7.93. The number of rotatable bonds is 5. The second kappa shape index (κ2) is 9.66. The minimum Gasteiger partial charge on any atom is -0.507 e. The number of Topliss-reactive ketones (excluding diaryl/α,β-unsaturated/α-hetero) is 1. The molecule has 39 heavy (non-hydrogen) atoms. The van der Waals surface area contributed by atoms with E-state index >= 15 is 0 Å². The summed E-state index contributed by atoms with van der Waals surface area (Å²) in [6.07, 6.45) is -4.81. The molecule has 0 radical (unpaired) electrons. The van der Waals surface area contributed by atoms with Gasteiger partial charge in [0, 0.05) is 42.0 Å². The minimum atomic E-state index is -2.25. The fourth-order valence-corrected chi connectivity index (χ4v) is 5.85. The number of benzene rings is 2. The number of phenolic OH excluding ortho intramolecular Hbond substituents is 3. The average Bonchev–Trinajstić information content (AvgIpc) is 2.90. The van der Waals surface area contributed by atoms with Gasteiger partial charge in [-0.3, -0.25) is 14.4 Å². The molecule has 1 unspecified atom stereocenters. The lowest BCUT2D eigenvalue weighted by atomic mass is 9.72. The molecule has 2 aromatic rings. The van der Waals surface area contributed by atoms with Crippen molar-refractivity contribution in [1.29, 1.82) is 0 Å². The van der Waals surface area contributed by atoms with Crippen LogP contribution in [0.2, 0.25) is 0 Å². The molecular weight excluding hydrogens is 514 g/mol. The fraction of sp³-hybridized carbons (Fsp3) is 0.444. The number of carbonyl (C=O) groups is 3. The van der Waals surface area contributed by atoms with Gasteiger partial charge in [0.2, 0.25) is 5.78 Å². The van der Waals surface area contributed by atoms with Gasteiger partial charge in [0.1, 0.15) is 29.5 Å². The standard InChI is InChI=1S/C27H29NO11/c1-10-22(32)13(28-2)6-17(38-10)39-15-8-27(37,16(31)9-29)7-12-19(15)26(36)21-20(24(12)34)23(33)11-4-3-5-14(30)18(11)25(21)35/h3-5,10,13,15,17,22,28-30,32,34,36-37H,6-9H2,1-2H3/t10?,13-,15+,17+,22+,27+/m1/s1. The van der Waals surface area contributed by atoms with E-state index in [1.807, 2.05) is 0 Å². The second-order valence-electron chi connectivity index (χ2n) is 10.2. The summed E-state index contributed by atoms with van der Waals surface area (Å²) < 4.78 is 11.9.